The van der Waals surface area contributed by atoms with E-state index in [1.807, 2.05) is 38.0 Å². The molecular formula is C18H39N5O3. The van der Waals surface area contributed by atoms with Crippen molar-refractivity contribution in [2.45, 2.75) is 19.3 Å². The first-order valence-electron chi connectivity index (χ1n) is 9.17. The van der Waals surface area contributed by atoms with E-state index in [1.165, 1.54) is 0 Å². The van der Waals surface area contributed by atoms with Crippen LogP contribution in [0.4, 0.5) is 0 Å². The number of methoxy groups -OCH3 is 3. The molecule has 0 unspecified atom stereocenters. The quantitative estimate of drug-likeness (QED) is 0.291. The molecule has 0 aliphatic heterocycles. The molecule has 0 bridgehead atoms. The van der Waals surface area contributed by atoms with Crippen molar-refractivity contribution in [1.82, 2.24) is 14.7 Å². The molecule has 0 amide bonds. The van der Waals surface area contributed by atoms with Crippen molar-refractivity contribution in [2.75, 3.05) is 89.0 Å². The topological polar surface area (TPSA) is 62.1 Å². The third-order valence-electron chi connectivity index (χ3n) is 3.60. The van der Waals surface area contributed by atoms with Crippen molar-refractivity contribution >= 4 is 11.9 Å². The maximum absolute atomic E-state index is 5.21. The Labute approximate surface area is 159 Å². The molecule has 26 heavy (non-hydrogen) atoms. The standard InChI is InChI=1S/C18H39N5O3/c1-21(2)18(22(3)4)20-17(19-11-8-14-24-5)23(12-9-15-25-6)13-10-16-26-7/h8-16H2,1-7H3. The van der Waals surface area contributed by atoms with E-state index in [0.717, 1.165) is 57.5 Å². The maximum atomic E-state index is 5.21. The van der Waals surface area contributed by atoms with Crippen LogP contribution in [0.2, 0.25) is 0 Å². The minimum atomic E-state index is 0.686. The van der Waals surface area contributed by atoms with Gasteiger partial charge in [-0.05, 0) is 19.3 Å². The monoisotopic (exact) mass is 373 g/mol. The number of ether oxygens (including phenoxy) is 3. The highest BCUT2D eigenvalue weighted by molar-refractivity contribution is 5.94. The number of aliphatic imine (C=N–C) groups is 2. The molecule has 0 saturated heterocycles. The summed E-state index contributed by atoms with van der Waals surface area (Å²) in [4.78, 5) is 15.8. The van der Waals surface area contributed by atoms with E-state index in [9.17, 15) is 0 Å². The minimum Gasteiger partial charge on any atom is -0.385 e. The van der Waals surface area contributed by atoms with Crippen LogP contribution in [0.5, 0.6) is 0 Å². The van der Waals surface area contributed by atoms with Gasteiger partial charge in [-0.25, -0.2) is 0 Å². The van der Waals surface area contributed by atoms with Gasteiger partial charge in [0, 0.05) is 89.0 Å². The lowest BCUT2D eigenvalue weighted by Crippen LogP contribution is -2.40. The van der Waals surface area contributed by atoms with Gasteiger partial charge >= 0.3 is 0 Å². The predicted molar refractivity (Wildman–Crippen MR) is 108 cm³/mol. The second kappa shape index (κ2) is 15.8. The van der Waals surface area contributed by atoms with Crippen LogP contribution in [0.3, 0.4) is 0 Å². The van der Waals surface area contributed by atoms with Gasteiger partial charge in [0.1, 0.15) is 0 Å². The van der Waals surface area contributed by atoms with Crippen LogP contribution in [-0.2, 0) is 14.2 Å². The summed E-state index contributed by atoms with van der Waals surface area (Å²) in [6, 6.07) is 0. The van der Waals surface area contributed by atoms with Crippen LogP contribution < -0.4 is 0 Å². The summed E-state index contributed by atoms with van der Waals surface area (Å²) in [5.74, 6) is 1.62. The highest BCUT2D eigenvalue weighted by Crippen LogP contribution is 2.03. The number of hydrogen-bond acceptors (Lipinski definition) is 4. The molecule has 0 spiro atoms. The van der Waals surface area contributed by atoms with E-state index in [2.05, 4.69) is 4.90 Å². The SMILES string of the molecule is COCCCN=C(N=C(N(C)C)N(C)C)N(CCCOC)CCCOC. The Morgan fingerprint density at radius 2 is 1.19 bits per heavy atom. The van der Waals surface area contributed by atoms with Crippen molar-refractivity contribution in [3.8, 4) is 0 Å². The van der Waals surface area contributed by atoms with E-state index in [4.69, 9.17) is 24.2 Å². The Hall–Kier alpha value is -1.38. The lowest BCUT2D eigenvalue weighted by molar-refractivity contribution is 0.173. The third-order valence-corrected chi connectivity index (χ3v) is 3.60. The van der Waals surface area contributed by atoms with Gasteiger partial charge in [0.25, 0.3) is 0 Å². The molecule has 0 aromatic heterocycles. The molecule has 0 rings (SSSR count). The highest BCUT2D eigenvalue weighted by atomic mass is 16.5. The largest absolute Gasteiger partial charge is 0.385 e. The molecule has 0 aliphatic rings. The summed E-state index contributed by atoms with van der Waals surface area (Å²) in [5.41, 5.74) is 0. The van der Waals surface area contributed by atoms with Gasteiger partial charge < -0.3 is 28.9 Å². The van der Waals surface area contributed by atoms with Crippen LogP contribution in [0.1, 0.15) is 19.3 Å². The Morgan fingerprint density at radius 1 is 0.731 bits per heavy atom. The molecule has 0 fully saturated rings. The fourth-order valence-corrected chi connectivity index (χ4v) is 2.39. The molecule has 0 aromatic carbocycles. The molecule has 0 heterocycles. The third kappa shape index (κ3) is 11.3. The molecule has 0 atom stereocenters. The van der Waals surface area contributed by atoms with Crippen molar-refractivity contribution in [3.63, 3.8) is 0 Å². The van der Waals surface area contributed by atoms with Crippen LogP contribution >= 0.6 is 0 Å². The van der Waals surface area contributed by atoms with Gasteiger partial charge in [-0.15, -0.1) is 0 Å². The summed E-state index contributed by atoms with van der Waals surface area (Å²) in [5, 5.41) is 0. The van der Waals surface area contributed by atoms with E-state index >= 15 is 0 Å². The van der Waals surface area contributed by atoms with Crippen molar-refractivity contribution in [2.24, 2.45) is 9.98 Å². The van der Waals surface area contributed by atoms with Gasteiger partial charge in [0.2, 0.25) is 11.9 Å². The maximum Gasteiger partial charge on any atom is 0.223 e. The smallest absolute Gasteiger partial charge is 0.223 e. The lowest BCUT2D eigenvalue weighted by atomic mass is 10.3. The van der Waals surface area contributed by atoms with E-state index in [0.29, 0.717) is 13.2 Å². The average Bonchev–Trinajstić information content (AvgIpc) is 2.59. The molecule has 8 nitrogen and oxygen atoms in total. The first kappa shape index (κ1) is 24.6. The number of hydrogen-bond donors (Lipinski definition) is 0. The summed E-state index contributed by atoms with van der Waals surface area (Å²) in [6.45, 7) is 4.51. The first-order valence-corrected chi connectivity index (χ1v) is 9.17. The molecule has 0 aromatic rings. The average molecular weight is 374 g/mol. The highest BCUT2D eigenvalue weighted by Gasteiger charge is 2.14. The van der Waals surface area contributed by atoms with Gasteiger partial charge in [-0.2, -0.15) is 4.99 Å². The molecule has 0 saturated carbocycles. The molecule has 8 heteroatoms. The van der Waals surface area contributed by atoms with E-state index in [1.54, 1.807) is 21.3 Å². The molecule has 0 N–H and O–H groups in total. The van der Waals surface area contributed by atoms with Crippen LogP contribution in [-0.4, -0.2) is 116 Å². The lowest BCUT2D eigenvalue weighted by Gasteiger charge is -2.27. The zero-order chi connectivity index (χ0) is 19.8. The first-order chi connectivity index (χ1) is 12.5. The van der Waals surface area contributed by atoms with E-state index in [-0.39, 0.29) is 0 Å². The van der Waals surface area contributed by atoms with Gasteiger partial charge in [-0.3, -0.25) is 4.99 Å². The Bertz CT molecular complexity index is 380. The number of rotatable bonds is 12. The normalized spacial score (nSPS) is 11.4. The van der Waals surface area contributed by atoms with Crippen LogP contribution in [0, 0.1) is 0 Å². The Balaban J connectivity index is 5.42. The molecule has 0 aliphatic carbocycles. The fraction of sp³-hybridized carbons (Fsp3) is 0.889. The second-order valence-corrected chi connectivity index (χ2v) is 6.41. The summed E-state index contributed by atoms with van der Waals surface area (Å²) in [6.07, 6.45) is 2.73. The van der Waals surface area contributed by atoms with Crippen LogP contribution in [0.15, 0.2) is 9.98 Å². The van der Waals surface area contributed by atoms with E-state index < -0.39 is 0 Å². The summed E-state index contributed by atoms with van der Waals surface area (Å²) >= 11 is 0. The molecular weight excluding hydrogens is 334 g/mol. The summed E-state index contributed by atoms with van der Waals surface area (Å²) < 4.78 is 15.5. The summed E-state index contributed by atoms with van der Waals surface area (Å²) in [7, 11) is 13.1. The fourth-order valence-electron chi connectivity index (χ4n) is 2.39. The molecule has 0 radical (unpaired) electrons. The van der Waals surface area contributed by atoms with Gasteiger partial charge in [0.15, 0.2) is 0 Å². The van der Waals surface area contributed by atoms with Crippen molar-refractivity contribution in [3.05, 3.63) is 0 Å². The van der Waals surface area contributed by atoms with Crippen molar-refractivity contribution in [1.29, 1.82) is 0 Å². The Morgan fingerprint density at radius 3 is 1.62 bits per heavy atom. The zero-order valence-electron chi connectivity index (χ0n) is 17.8. The number of nitrogens with zero attached hydrogens (tertiary/aromatic N) is 5. The Kier molecular flexibility index (Phi) is 15.0. The zero-order valence-corrected chi connectivity index (χ0v) is 17.8. The van der Waals surface area contributed by atoms with Gasteiger partial charge in [-0.1, -0.05) is 0 Å². The number of guanidine groups is 2. The molecule has 154 valence electrons. The second-order valence-electron chi connectivity index (χ2n) is 6.41. The van der Waals surface area contributed by atoms with Gasteiger partial charge in [0.05, 0.1) is 0 Å². The van der Waals surface area contributed by atoms with Crippen LogP contribution in [0.25, 0.3) is 0 Å². The predicted octanol–water partition coefficient (Wildman–Crippen LogP) is 1.23. The van der Waals surface area contributed by atoms with Crippen molar-refractivity contribution < 1.29 is 14.2 Å². The minimum absolute atomic E-state index is 0.686.